The van der Waals surface area contributed by atoms with Gasteiger partial charge < -0.3 is 19.3 Å². The predicted octanol–water partition coefficient (Wildman–Crippen LogP) is 17.9. The van der Waals surface area contributed by atoms with Crippen LogP contribution in [0.1, 0.15) is 25.0 Å². The van der Waals surface area contributed by atoms with Crippen molar-refractivity contribution in [2.75, 3.05) is 9.80 Å². The topological polar surface area (TPSA) is 24.9 Å². The summed E-state index contributed by atoms with van der Waals surface area (Å²) in [5.74, 6) is 3.30. The standard InChI is InChI=1S/C63H42N2O2/c1-63(2)55-20-12-11-19-49(55)50-28-24-44(36-56(50)63)65(43-23-27-48-40(35-43)22-21-39-13-9-10-18-47(39)48)46-26-30-52-54-32-33-57-61-53(31-34-58(62(54)61)67-60(52)38-46)51-29-25-45(37-59(51)66-57)64(41-14-5-3-6-15-41)42-16-7-4-8-17-42/h3-38H,1-2H3. The Balaban J connectivity index is 0.885. The number of nitrogens with zero attached hydrogens (tertiary/aromatic N) is 2. The van der Waals surface area contributed by atoms with Gasteiger partial charge in [0.05, 0.1) is 0 Å². The Bertz CT molecular complexity index is 3820. The third-order valence-corrected chi connectivity index (χ3v) is 14.4. The SMILES string of the molecule is CC1(C)c2ccccc2-c2ccc(N(c3ccc4c(c3)Oc3ccc5c6c(ccc-4c36)Oc3cc(N(c4ccccc4)c4ccccc4)ccc3-5)c3ccc4c(ccc5ccccc54)c3)cc21. The van der Waals surface area contributed by atoms with Crippen LogP contribution in [0.5, 0.6) is 23.0 Å². The highest BCUT2D eigenvalue weighted by Gasteiger charge is 2.36. The Morgan fingerprint density at radius 1 is 0.299 bits per heavy atom. The van der Waals surface area contributed by atoms with Gasteiger partial charge in [0.1, 0.15) is 23.0 Å². The molecular formula is C63H42N2O2. The first kappa shape index (κ1) is 37.7. The minimum Gasteiger partial charge on any atom is -0.456 e. The van der Waals surface area contributed by atoms with Crippen molar-refractivity contribution in [1.29, 1.82) is 0 Å². The van der Waals surface area contributed by atoms with Gasteiger partial charge in [0.25, 0.3) is 0 Å². The molecule has 0 atom stereocenters. The molecule has 2 heterocycles. The van der Waals surface area contributed by atoms with E-state index in [2.05, 4.69) is 242 Å². The van der Waals surface area contributed by atoms with E-state index < -0.39 is 0 Å². The molecular weight excluding hydrogens is 817 g/mol. The van der Waals surface area contributed by atoms with E-state index in [9.17, 15) is 0 Å². The van der Waals surface area contributed by atoms with E-state index in [1.54, 1.807) is 0 Å². The molecule has 4 nitrogen and oxygen atoms in total. The van der Waals surface area contributed by atoms with E-state index in [0.717, 1.165) is 90.1 Å². The molecule has 0 unspecified atom stereocenters. The Hall–Kier alpha value is -8.60. The lowest BCUT2D eigenvalue weighted by Gasteiger charge is -2.31. The van der Waals surface area contributed by atoms with Gasteiger partial charge in [-0.25, -0.2) is 0 Å². The first-order valence-corrected chi connectivity index (χ1v) is 23.1. The number of anilines is 6. The molecule has 1 aliphatic carbocycles. The molecule has 0 aromatic heterocycles. The molecule has 67 heavy (non-hydrogen) atoms. The zero-order chi connectivity index (χ0) is 44.4. The number of hydrogen-bond acceptors (Lipinski definition) is 4. The van der Waals surface area contributed by atoms with E-state index in [4.69, 9.17) is 9.47 Å². The smallest absolute Gasteiger partial charge is 0.137 e. The van der Waals surface area contributed by atoms with Crippen molar-refractivity contribution in [3.8, 4) is 56.4 Å². The van der Waals surface area contributed by atoms with E-state index in [1.807, 2.05) is 0 Å². The van der Waals surface area contributed by atoms with E-state index in [-0.39, 0.29) is 5.41 Å². The van der Waals surface area contributed by atoms with Crippen molar-refractivity contribution in [2.45, 2.75) is 19.3 Å². The van der Waals surface area contributed by atoms with Gasteiger partial charge in [0.15, 0.2) is 0 Å². The van der Waals surface area contributed by atoms with Crippen molar-refractivity contribution >= 4 is 66.4 Å². The van der Waals surface area contributed by atoms with Gasteiger partial charge in [-0.15, -0.1) is 0 Å². The van der Waals surface area contributed by atoms with E-state index in [1.165, 1.54) is 43.8 Å². The minimum atomic E-state index is -0.144. The summed E-state index contributed by atoms with van der Waals surface area (Å²) in [4.78, 5) is 4.66. The number of rotatable bonds is 6. The van der Waals surface area contributed by atoms with Gasteiger partial charge in [0.2, 0.25) is 0 Å². The monoisotopic (exact) mass is 858 g/mol. The second-order valence-electron chi connectivity index (χ2n) is 18.5. The largest absolute Gasteiger partial charge is 0.456 e. The van der Waals surface area contributed by atoms with Crippen molar-refractivity contribution < 1.29 is 9.47 Å². The maximum absolute atomic E-state index is 7.01. The molecule has 0 amide bonds. The molecule has 0 saturated carbocycles. The normalized spacial score (nSPS) is 13.3. The summed E-state index contributed by atoms with van der Waals surface area (Å²) in [5.41, 5.74) is 15.9. The summed E-state index contributed by atoms with van der Waals surface area (Å²) in [6, 6.07) is 78.7. The molecule has 14 rings (SSSR count). The van der Waals surface area contributed by atoms with Crippen molar-refractivity contribution in [2.24, 2.45) is 0 Å². The number of para-hydroxylation sites is 2. The zero-order valence-electron chi connectivity index (χ0n) is 37.0. The fourth-order valence-corrected chi connectivity index (χ4v) is 11.2. The van der Waals surface area contributed by atoms with Crippen LogP contribution in [0.15, 0.2) is 218 Å². The molecule has 0 spiro atoms. The number of fused-ring (bicyclic) bond motifs is 10. The zero-order valence-corrected chi connectivity index (χ0v) is 37.0. The molecule has 4 heteroatoms. The van der Waals surface area contributed by atoms with Crippen LogP contribution in [0.4, 0.5) is 34.1 Å². The molecule has 11 aromatic carbocycles. The first-order valence-electron chi connectivity index (χ1n) is 23.1. The van der Waals surface area contributed by atoms with E-state index in [0.29, 0.717) is 0 Å². The van der Waals surface area contributed by atoms with Crippen LogP contribution < -0.4 is 19.3 Å². The highest BCUT2D eigenvalue weighted by Crippen LogP contribution is 2.57. The Labute approximate surface area is 389 Å². The Morgan fingerprint density at radius 3 is 1.42 bits per heavy atom. The van der Waals surface area contributed by atoms with Gasteiger partial charge in [-0.3, -0.25) is 0 Å². The lowest BCUT2D eigenvalue weighted by molar-refractivity contribution is 0.480. The molecule has 0 saturated heterocycles. The van der Waals surface area contributed by atoms with Gasteiger partial charge in [-0.2, -0.15) is 0 Å². The fourth-order valence-electron chi connectivity index (χ4n) is 11.2. The molecule has 0 radical (unpaired) electrons. The Kier molecular flexibility index (Phi) is 8.00. The molecule has 316 valence electrons. The molecule has 0 bridgehead atoms. The molecule has 3 aliphatic rings. The minimum absolute atomic E-state index is 0.144. The molecule has 0 N–H and O–H groups in total. The van der Waals surface area contributed by atoms with Crippen LogP contribution in [0.3, 0.4) is 0 Å². The van der Waals surface area contributed by atoms with Crippen LogP contribution in [0.2, 0.25) is 0 Å². The predicted molar refractivity (Wildman–Crippen MR) is 277 cm³/mol. The lowest BCUT2D eigenvalue weighted by Crippen LogP contribution is -2.16. The fraction of sp³-hybridized carbons (Fsp3) is 0.0476. The maximum Gasteiger partial charge on any atom is 0.137 e. The van der Waals surface area contributed by atoms with Crippen LogP contribution in [-0.2, 0) is 5.41 Å². The van der Waals surface area contributed by atoms with Crippen LogP contribution in [-0.4, -0.2) is 0 Å². The van der Waals surface area contributed by atoms with Gasteiger partial charge in [-0.1, -0.05) is 123 Å². The third-order valence-electron chi connectivity index (χ3n) is 14.4. The summed E-state index contributed by atoms with van der Waals surface area (Å²) >= 11 is 0. The quantitative estimate of drug-likeness (QED) is 0.156. The summed E-state index contributed by atoms with van der Waals surface area (Å²) in [6.45, 7) is 4.69. The van der Waals surface area contributed by atoms with Crippen molar-refractivity contribution in [3.05, 3.63) is 230 Å². The summed E-state index contributed by atoms with van der Waals surface area (Å²) < 4.78 is 13.9. The van der Waals surface area contributed by atoms with E-state index >= 15 is 0 Å². The van der Waals surface area contributed by atoms with Crippen molar-refractivity contribution in [1.82, 2.24) is 0 Å². The number of ether oxygens (including phenoxy) is 2. The van der Waals surface area contributed by atoms with Gasteiger partial charge >= 0.3 is 0 Å². The average molecular weight is 859 g/mol. The highest BCUT2D eigenvalue weighted by molar-refractivity contribution is 6.15. The number of benzene rings is 11. The summed E-state index contributed by atoms with van der Waals surface area (Å²) in [5, 5.41) is 7.08. The van der Waals surface area contributed by atoms with Crippen LogP contribution in [0, 0.1) is 0 Å². The lowest BCUT2D eigenvalue weighted by atomic mass is 9.82. The highest BCUT2D eigenvalue weighted by atomic mass is 16.5. The second-order valence-corrected chi connectivity index (χ2v) is 18.5. The second kappa shape index (κ2) is 14.2. The average Bonchev–Trinajstić information content (AvgIpc) is 3.60. The Morgan fingerprint density at radius 2 is 0.761 bits per heavy atom. The van der Waals surface area contributed by atoms with Crippen LogP contribution >= 0.6 is 0 Å². The summed E-state index contributed by atoms with van der Waals surface area (Å²) in [6.07, 6.45) is 0. The van der Waals surface area contributed by atoms with Gasteiger partial charge in [-0.05, 0) is 152 Å². The molecule has 0 fully saturated rings. The number of hydrogen-bond donors (Lipinski definition) is 0. The third kappa shape index (κ3) is 5.66. The molecule has 2 aliphatic heterocycles. The first-order chi connectivity index (χ1) is 33.0. The van der Waals surface area contributed by atoms with Crippen molar-refractivity contribution in [3.63, 3.8) is 0 Å². The maximum atomic E-state index is 7.01. The van der Waals surface area contributed by atoms with Gasteiger partial charge in [0, 0.05) is 73.6 Å². The molecule has 11 aromatic rings. The summed E-state index contributed by atoms with van der Waals surface area (Å²) in [7, 11) is 0. The van der Waals surface area contributed by atoms with Crippen LogP contribution in [0.25, 0.3) is 65.7 Å².